The lowest BCUT2D eigenvalue weighted by Crippen LogP contribution is -2.34. The molecule has 22 nitrogen and oxygen atoms in total. The van der Waals surface area contributed by atoms with Crippen LogP contribution in [-0.2, 0) is 52.6 Å². The van der Waals surface area contributed by atoms with Crippen LogP contribution < -0.4 is 17.2 Å². The van der Waals surface area contributed by atoms with Crippen molar-refractivity contribution < 1.29 is 93.8 Å². The maximum absolute atomic E-state index is 10.6. The highest BCUT2D eigenvalue weighted by atomic mass is 32.2. The number of nitrogens with two attached hydrogens (primary N) is 3. The molecular formula is C21H35N3O19S3. The molecule has 0 amide bonds. The van der Waals surface area contributed by atoms with Gasteiger partial charge in [0.1, 0.15) is 41.8 Å². The van der Waals surface area contributed by atoms with E-state index in [1.807, 2.05) is 0 Å². The first-order valence-corrected chi connectivity index (χ1v) is 14.0. The number of rotatable bonds is 20. The summed E-state index contributed by atoms with van der Waals surface area (Å²) in [6, 6.07) is -3.08. The maximum atomic E-state index is 10.6. The van der Waals surface area contributed by atoms with Crippen LogP contribution >= 0.6 is 36.2 Å². The summed E-state index contributed by atoms with van der Waals surface area (Å²) in [5.41, 5.74) is 15.3. The van der Waals surface area contributed by atoms with E-state index in [1.165, 1.54) is 0 Å². The Morgan fingerprint density at radius 2 is 0.870 bits per heavy atom. The second kappa shape index (κ2) is 32.3. The van der Waals surface area contributed by atoms with Crippen molar-refractivity contribution in [3.8, 4) is 0 Å². The number of carbonyl (C=O) groups excluding carboxylic acids is 2. The molecule has 0 aromatic rings. The van der Waals surface area contributed by atoms with Crippen LogP contribution in [0.1, 0.15) is 0 Å². The van der Waals surface area contributed by atoms with Crippen molar-refractivity contribution in [1.29, 1.82) is 0 Å². The Labute approximate surface area is 273 Å². The van der Waals surface area contributed by atoms with Crippen LogP contribution in [0.2, 0.25) is 0 Å². The van der Waals surface area contributed by atoms with Crippen LogP contribution in [0.4, 0.5) is 0 Å². The molecule has 0 saturated heterocycles. The largest absolute Gasteiger partial charge is 0.480 e. The van der Waals surface area contributed by atoms with Crippen LogP contribution in [-0.4, -0.2) is 155 Å². The Kier molecular flexibility index (Phi) is 36.1. The minimum atomic E-state index is -1.26. The van der Waals surface area contributed by atoms with Crippen molar-refractivity contribution in [2.24, 2.45) is 17.2 Å². The van der Waals surface area contributed by atoms with E-state index in [2.05, 4.69) is 22.1 Å². The van der Waals surface area contributed by atoms with E-state index in [-0.39, 0.29) is 48.9 Å². The molecule has 25 heteroatoms. The van der Waals surface area contributed by atoms with Crippen molar-refractivity contribution in [3.63, 3.8) is 0 Å². The Hall–Kier alpha value is -4.14. The molecule has 0 bridgehead atoms. The van der Waals surface area contributed by atoms with Gasteiger partial charge in [0.05, 0.1) is 0 Å². The van der Waals surface area contributed by atoms with Gasteiger partial charge in [-0.3, -0.25) is 33.6 Å². The predicted molar refractivity (Wildman–Crippen MR) is 161 cm³/mol. The number of carboxylic acid groups (broad SMARTS) is 7. The highest BCUT2D eigenvalue weighted by Gasteiger charge is 2.23. The summed E-state index contributed by atoms with van der Waals surface area (Å²) in [4.78, 5) is 90.3. The van der Waals surface area contributed by atoms with Gasteiger partial charge >= 0.3 is 41.8 Å². The molecule has 5 atom stereocenters. The van der Waals surface area contributed by atoms with Gasteiger partial charge in [0.15, 0.2) is 0 Å². The third-order valence-corrected chi connectivity index (χ3v) is 6.63. The van der Waals surface area contributed by atoms with Gasteiger partial charge in [-0.1, -0.05) is 0 Å². The molecule has 15 N–H and O–H groups in total. The Morgan fingerprint density at radius 1 is 0.587 bits per heavy atom. The first-order valence-electron chi connectivity index (χ1n) is 11.3. The quantitative estimate of drug-likeness (QED) is 0.0321. The number of thioether (sulfide) groups is 2. The van der Waals surface area contributed by atoms with Crippen molar-refractivity contribution >= 4 is 90.9 Å². The maximum Gasteiger partial charge on any atom is 0.328 e. The minimum Gasteiger partial charge on any atom is -0.480 e. The highest BCUT2D eigenvalue weighted by Crippen LogP contribution is 2.13. The number of ether oxygens (including phenoxy) is 2. The molecule has 0 aliphatic rings. The van der Waals surface area contributed by atoms with Crippen LogP contribution in [0.5, 0.6) is 0 Å². The van der Waals surface area contributed by atoms with Gasteiger partial charge in [-0.05, 0) is 0 Å². The number of hydrogen-bond donors (Lipinski definition) is 11. The summed E-state index contributed by atoms with van der Waals surface area (Å²) >= 11 is 5.28. The Bertz CT molecular complexity index is 935. The average molecular weight is 730 g/mol. The molecule has 0 aliphatic heterocycles. The van der Waals surface area contributed by atoms with Crippen molar-refractivity contribution in [1.82, 2.24) is 0 Å². The number of carbonyl (C=O) groups is 9. The topological polar surface area (TPSA) is 423 Å². The smallest absolute Gasteiger partial charge is 0.328 e. The summed E-state index contributed by atoms with van der Waals surface area (Å²) in [6.45, 7) is -0.354. The number of hydrogen-bond acceptors (Lipinski definition) is 17. The van der Waals surface area contributed by atoms with Crippen LogP contribution in [0, 0.1) is 0 Å². The molecular weight excluding hydrogens is 694 g/mol. The molecule has 0 aromatic heterocycles. The van der Waals surface area contributed by atoms with E-state index in [1.54, 1.807) is 0 Å². The van der Waals surface area contributed by atoms with Gasteiger partial charge in [-0.25, -0.2) is 9.59 Å². The summed E-state index contributed by atoms with van der Waals surface area (Å²) in [5.74, 6) is -8.22. The van der Waals surface area contributed by atoms with Crippen LogP contribution in [0.3, 0.4) is 0 Å². The first-order chi connectivity index (χ1) is 20.8. The number of thiol groups is 1. The number of aliphatic carboxylic acids is 7. The lowest BCUT2D eigenvalue weighted by Gasteiger charge is -2.12. The molecule has 0 aromatic carbocycles. The van der Waals surface area contributed by atoms with Crippen LogP contribution in [0.15, 0.2) is 12.2 Å². The van der Waals surface area contributed by atoms with E-state index in [9.17, 15) is 43.2 Å². The first kappa shape index (κ1) is 51.4. The highest BCUT2D eigenvalue weighted by molar-refractivity contribution is 8.00. The molecule has 0 fully saturated rings. The zero-order chi connectivity index (χ0) is 36.1. The second-order valence-electron chi connectivity index (χ2n) is 7.21. The third-order valence-electron chi connectivity index (χ3n) is 3.65. The van der Waals surface area contributed by atoms with E-state index in [4.69, 9.17) is 52.9 Å². The molecule has 266 valence electrons. The summed E-state index contributed by atoms with van der Waals surface area (Å²) in [5, 5.41) is 55.8. The molecule has 0 rings (SSSR count). The van der Waals surface area contributed by atoms with Crippen molar-refractivity contribution in [3.05, 3.63) is 12.2 Å². The molecule has 0 unspecified atom stereocenters. The monoisotopic (exact) mass is 729 g/mol. The fourth-order valence-corrected chi connectivity index (χ4v) is 3.39. The van der Waals surface area contributed by atoms with Gasteiger partial charge in [0.25, 0.3) is 12.9 Å². The Morgan fingerprint density at radius 3 is 1.02 bits per heavy atom. The molecule has 0 aliphatic carbocycles. The average Bonchev–Trinajstić information content (AvgIpc) is 2.95. The zero-order valence-corrected chi connectivity index (χ0v) is 25.9. The fourth-order valence-electron chi connectivity index (χ4n) is 1.44. The molecule has 0 spiro atoms. The van der Waals surface area contributed by atoms with E-state index in [0.717, 1.165) is 23.5 Å². The van der Waals surface area contributed by atoms with E-state index in [0.29, 0.717) is 12.2 Å². The van der Waals surface area contributed by atoms with E-state index >= 15 is 0 Å². The SMILES string of the molecule is N[C@@H](CS)C(=O)O.N[C@@H](CS[C@@H](COC=O)C(=O)O)C(=O)O.N[C@@H](CS[C@H](COC=O)C(=O)O)C(=O)O.O.O=C(O)/C=C\C(=O)O. The second-order valence-corrected chi connectivity index (χ2v) is 10.0. The van der Waals surface area contributed by atoms with Gasteiger partial charge in [-0.15, -0.1) is 23.5 Å². The summed E-state index contributed by atoms with van der Waals surface area (Å²) in [6.07, 6.45) is 1.12. The predicted octanol–water partition coefficient (Wildman–Crippen LogP) is -4.27. The lowest BCUT2D eigenvalue weighted by molar-refractivity contribution is -0.140. The summed E-state index contributed by atoms with van der Waals surface area (Å²) < 4.78 is 8.56. The normalized spacial score (nSPS) is 12.8. The van der Waals surface area contributed by atoms with Crippen molar-refractivity contribution in [2.45, 2.75) is 28.6 Å². The summed E-state index contributed by atoms with van der Waals surface area (Å²) in [7, 11) is 0. The lowest BCUT2D eigenvalue weighted by atomic mass is 10.4. The molecule has 0 radical (unpaired) electrons. The van der Waals surface area contributed by atoms with Gasteiger partial charge in [0, 0.05) is 29.4 Å². The van der Waals surface area contributed by atoms with Gasteiger partial charge < -0.3 is 67.9 Å². The van der Waals surface area contributed by atoms with Gasteiger partial charge in [0.2, 0.25) is 0 Å². The molecule has 0 heterocycles. The standard InChI is InChI=1S/2C7H11NO6S.C4H4O4.C3H7NO2S.H2O/c2*8-4(6(10)11)2-15-5(7(12)13)1-14-3-9;5-3(6)1-2-4(7)8;4-2(1-7)3(5)6;/h2*3-5H,1-2,8H2,(H,10,11)(H,12,13);1-2H,(H,5,6)(H,7,8);2,7H,1,4H2,(H,5,6);1H2/b;;2-1-;;/t4-,5+;4-,5-;;2-;/m00.0./s1. The number of carboxylic acids is 7. The third kappa shape index (κ3) is 36.1. The van der Waals surface area contributed by atoms with E-state index < -0.39 is 70.4 Å². The van der Waals surface area contributed by atoms with Crippen LogP contribution in [0.25, 0.3) is 0 Å². The molecule has 0 saturated carbocycles. The van der Waals surface area contributed by atoms with Gasteiger partial charge in [-0.2, -0.15) is 12.6 Å². The minimum absolute atomic E-state index is 0. The fraction of sp³-hybridized carbons (Fsp3) is 0.476. The Balaban J connectivity index is -0.000000170. The zero-order valence-electron chi connectivity index (χ0n) is 23.3. The van der Waals surface area contributed by atoms with Crippen molar-refractivity contribution in [2.75, 3.05) is 30.5 Å². The molecule has 46 heavy (non-hydrogen) atoms.